The molecule has 0 amide bonds. The smallest absolute Gasteiger partial charge is 0.222 e. The van der Waals surface area contributed by atoms with Crippen LogP contribution in [0.25, 0.3) is 0 Å². The van der Waals surface area contributed by atoms with Crippen LogP contribution in [0.2, 0.25) is 0 Å². The summed E-state index contributed by atoms with van der Waals surface area (Å²) in [6.45, 7) is 5.06. The number of piperazine rings is 1. The van der Waals surface area contributed by atoms with Gasteiger partial charge in [0.2, 0.25) is 5.88 Å². The number of rotatable bonds is 2. The molecule has 1 aromatic rings. The van der Waals surface area contributed by atoms with Crippen molar-refractivity contribution in [3.8, 4) is 0 Å². The standard InChI is InChI=1S/C8H14N4O/c9-8-5-7(11-13-8)6-12-3-1-10-2-4-12/h5,10H,1-4,6,9H2. The fraction of sp³-hybridized carbons (Fsp3) is 0.625. The molecule has 72 valence electrons. The molecule has 13 heavy (non-hydrogen) atoms. The van der Waals surface area contributed by atoms with Gasteiger partial charge in [0.25, 0.3) is 0 Å². The van der Waals surface area contributed by atoms with Gasteiger partial charge in [-0.3, -0.25) is 4.90 Å². The zero-order valence-corrected chi connectivity index (χ0v) is 7.49. The summed E-state index contributed by atoms with van der Waals surface area (Å²) in [5.41, 5.74) is 6.34. The maximum atomic E-state index is 5.42. The Kier molecular flexibility index (Phi) is 2.47. The monoisotopic (exact) mass is 182 g/mol. The van der Waals surface area contributed by atoms with Crippen molar-refractivity contribution in [2.24, 2.45) is 0 Å². The summed E-state index contributed by atoms with van der Waals surface area (Å²) in [7, 11) is 0. The second-order valence-electron chi connectivity index (χ2n) is 3.25. The molecule has 3 N–H and O–H groups in total. The zero-order valence-electron chi connectivity index (χ0n) is 7.49. The molecule has 0 saturated carbocycles. The Hall–Kier alpha value is -1.07. The SMILES string of the molecule is Nc1cc(CN2CCNCC2)no1. The van der Waals surface area contributed by atoms with Crippen molar-refractivity contribution in [2.45, 2.75) is 6.54 Å². The molecule has 2 heterocycles. The van der Waals surface area contributed by atoms with Crippen molar-refractivity contribution in [1.82, 2.24) is 15.4 Å². The van der Waals surface area contributed by atoms with Crippen LogP contribution >= 0.6 is 0 Å². The first-order chi connectivity index (χ1) is 6.34. The molecule has 0 radical (unpaired) electrons. The molecule has 0 atom stereocenters. The Bertz CT molecular complexity index is 267. The minimum atomic E-state index is 0.394. The van der Waals surface area contributed by atoms with Crippen molar-refractivity contribution in [1.29, 1.82) is 0 Å². The van der Waals surface area contributed by atoms with E-state index in [1.165, 1.54) is 0 Å². The lowest BCUT2D eigenvalue weighted by molar-refractivity contribution is 0.227. The Morgan fingerprint density at radius 2 is 2.31 bits per heavy atom. The highest BCUT2D eigenvalue weighted by molar-refractivity contribution is 5.24. The number of nitrogen functional groups attached to an aromatic ring is 1. The van der Waals surface area contributed by atoms with E-state index in [9.17, 15) is 0 Å². The third kappa shape index (κ3) is 2.19. The van der Waals surface area contributed by atoms with Crippen LogP contribution in [0, 0.1) is 0 Å². The summed E-state index contributed by atoms with van der Waals surface area (Å²) in [5.74, 6) is 0.394. The number of nitrogens with zero attached hydrogens (tertiary/aromatic N) is 2. The Labute approximate surface area is 76.9 Å². The summed E-state index contributed by atoms with van der Waals surface area (Å²) in [5, 5.41) is 7.14. The predicted molar refractivity (Wildman–Crippen MR) is 49.1 cm³/mol. The molecule has 1 saturated heterocycles. The maximum Gasteiger partial charge on any atom is 0.222 e. The van der Waals surface area contributed by atoms with Crippen LogP contribution in [0.1, 0.15) is 5.69 Å². The van der Waals surface area contributed by atoms with Gasteiger partial charge >= 0.3 is 0 Å². The first-order valence-corrected chi connectivity index (χ1v) is 4.49. The molecule has 1 aliphatic heterocycles. The molecule has 0 aliphatic carbocycles. The van der Waals surface area contributed by atoms with E-state index in [0.717, 1.165) is 38.4 Å². The lowest BCUT2D eigenvalue weighted by Crippen LogP contribution is -2.42. The van der Waals surface area contributed by atoms with Crippen LogP contribution in [-0.2, 0) is 6.54 Å². The Morgan fingerprint density at radius 1 is 1.54 bits per heavy atom. The third-order valence-electron chi connectivity index (χ3n) is 2.17. The van der Waals surface area contributed by atoms with E-state index in [-0.39, 0.29) is 0 Å². The van der Waals surface area contributed by atoms with Gasteiger partial charge in [-0.1, -0.05) is 5.16 Å². The van der Waals surface area contributed by atoms with Crippen LogP contribution in [0.3, 0.4) is 0 Å². The predicted octanol–water partition coefficient (Wildman–Crippen LogP) is -0.338. The largest absolute Gasteiger partial charge is 0.368 e. The van der Waals surface area contributed by atoms with E-state index in [1.54, 1.807) is 6.07 Å². The highest BCUT2D eigenvalue weighted by Crippen LogP contribution is 2.07. The van der Waals surface area contributed by atoms with Crippen LogP contribution in [0.4, 0.5) is 5.88 Å². The first kappa shape index (κ1) is 8.52. The summed E-state index contributed by atoms with van der Waals surface area (Å²) in [4.78, 5) is 2.33. The normalized spacial score (nSPS) is 19.1. The molecule has 5 heteroatoms. The molecular weight excluding hydrogens is 168 g/mol. The molecule has 1 aliphatic rings. The molecule has 0 aromatic carbocycles. The van der Waals surface area contributed by atoms with E-state index < -0.39 is 0 Å². The Morgan fingerprint density at radius 3 is 2.92 bits per heavy atom. The molecule has 1 aromatic heterocycles. The number of hydrogen-bond donors (Lipinski definition) is 2. The highest BCUT2D eigenvalue weighted by Gasteiger charge is 2.11. The lowest BCUT2D eigenvalue weighted by Gasteiger charge is -2.25. The average molecular weight is 182 g/mol. The van der Waals surface area contributed by atoms with Gasteiger partial charge in [0.1, 0.15) is 0 Å². The summed E-state index contributed by atoms with van der Waals surface area (Å²) < 4.78 is 4.79. The van der Waals surface area contributed by atoms with E-state index in [2.05, 4.69) is 15.4 Å². The summed E-state index contributed by atoms with van der Waals surface area (Å²) in [6, 6.07) is 1.78. The molecule has 2 rings (SSSR count). The van der Waals surface area contributed by atoms with Crippen LogP contribution in [0.15, 0.2) is 10.6 Å². The average Bonchev–Trinajstić information content (AvgIpc) is 2.53. The summed E-state index contributed by atoms with van der Waals surface area (Å²) in [6.07, 6.45) is 0. The second kappa shape index (κ2) is 3.76. The van der Waals surface area contributed by atoms with Crippen LogP contribution in [-0.4, -0.2) is 36.2 Å². The quantitative estimate of drug-likeness (QED) is 0.655. The van der Waals surface area contributed by atoms with Gasteiger partial charge in [-0.15, -0.1) is 0 Å². The fourth-order valence-corrected chi connectivity index (χ4v) is 1.50. The Balaban J connectivity index is 1.89. The van der Waals surface area contributed by atoms with Crippen molar-refractivity contribution >= 4 is 5.88 Å². The summed E-state index contributed by atoms with van der Waals surface area (Å²) >= 11 is 0. The minimum Gasteiger partial charge on any atom is -0.368 e. The van der Waals surface area contributed by atoms with Crippen molar-refractivity contribution in [2.75, 3.05) is 31.9 Å². The zero-order chi connectivity index (χ0) is 9.10. The van der Waals surface area contributed by atoms with Crippen molar-refractivity contribution < 1.29 is 4.52 Å². The van der Waals surface area contributed by atoms with E-state index in [1.807, 2.05) is 0 Å². The topological polar surface area (TPSA) is 67.3 Å². The fourth-order valence-electron chi connectivity index (χ4n) is 1.50. The van der Waals surface area contributed by atoms with Crippen molar-refractivity contribution in [3.05, 3.63) is 11.8 Å². The molecule has 0 bridgehead atoms. The van der Waals surface area contributed by atoms with Gasteiger partial charge in [-0.25, -0.2) is 0 Å². The van der Waals surface area contributed by atoms with Crippen LogP contribution in [0.5, 0.6) is 0 Å². The third-order valence-corrected chi connectivity index (χ3v) is 2.17. The number of aromatic nitrogens is 1. The molecule has 1 fully saturated rings. The van der Waals surface area contributed by atoms with E-state index >= 15 is 0 Å². The molecule has 5 nitrogen and oxygen atoms in total. The van der Waals surface area contributed by atoms with Gasteiger partial charge < -0.3 is 15.6 Å². The number of hydrogen-bond acceptors (Lipinski definition) is 5. The molecule has 0 spiro atoms. The maximum absolute atomic E-state index is 5.42. The minimum absolute atomic E-state index is 0.394. The number of nitrogens with two attached hydrogens (primary N) is 1. The van der Waals surface area contributed by atoms with Crippen molar-refractivity contribution in [3.63, 3.8) is 0 Å². The van der Waals surface area contributed by atoms with Gasteiger partial charge in [0.15, 0.2) is 0 Å². The second-order valence-corrected chi connectivity index (χ2v) is 3.25. The van der Waals surface area contributed by atoms with Crippen LogP contribution < -0.4 is 11.1 Å². The lowest BCUT2D eigenvalue weighted by atomic mass is 10.3. The molecular formula is C8H14N4O. The van der Waals surface area contributed by atoms with Gasteiger partial charge in [-0.2, -0.15) is 0 Å². The van der Waals surface area contributed by atoms with E-state index in [0.29, 0.717) is 5.88 Å². The highest BCUT2D eigenvalue weighted by atomic mass is 16.5. The van der Waals surface area contributed by atoms with E-state index in [4.69, 9.17) is 10.3 Å². The first-order valence-electron chi connectivity index (χ1n) is 4.49. The number of nitrogens with one attached hydrogen (secondary N) is 1. The van der Waals surface area contributed by atoms with Gasteiger partial charge in [0, 0.05) is 38.8 Å². The molecule has 0 unspecified atom stereocenters. The van der Waals surface area contributed by atoms with Gasteiger partial charge in [0.05, 0.1) is 5.69 Å². The van der Waals surface area contributed by atoms with Gasteiger partial charge in [-0.05, 0) is 0 Å². The number of anilines is 1.